The molecule has 2 aromatic rings. The zero-order valence-corrected chi connectivity index (χ0v) is 16.1. The van der Waals surface area contributed by atoms with E-state index in [1.165, 1.54) is 0 Å². The van der Waals surface area contributed by atoms with Gasteiger partial charge in [0.2, 0.25) is 0 Å². The third-order valence-electron chi connectivity index (χ3n) is 5.11. The van der Waals surface area contributed by atoms with E-state index in [9.17, 15) is 15.0 Å². The van der Waals surface area contributed by atoms with E-state index in [2.05, 4.69) is 0 Å². The first-order valence-corrected chi connectivity index (χ1v) is 9.15. The van der Waals surface area contributed by atoms with Crippen molar-refractivity contribution in [2.45, 2.75) is 65.2 Å². The molecule has 0 saturated carbocycles. The Bertz CT molecular complexity index is 851. The summed E-state index contributed by atoms with van der Waals surface area (Å²) < 4.78 is 7.85. The first-order chi connectivity index (χ1) is 12.1. The molecule has 2 atom stereocenters. The molecule has 140 valence electrons. The Labute approximate surface area is 154 Å². The van der Waals surface area contributed by atoms with Gasteiger partial charge in [0.05, 0.1) is 11.0 Å². The highest BCUT2D eigenvalue weighted by Gasteiger charge is 2.36. The smallest absolute Gasteiger partial charge is 0.198 e. The second kappa shape index (κ2) is 6.54. The van der Waals surface area contributed by atoms with Crippen LogP contribution in [0.1, 0.15) is 51.4 Å². The predicted molar refractivity (Wildman–Crippen MR) is 96.8 cm³/mol. The molecular weight excluding hydrogens is 330 g/mol. The van der Waals surface area contributed by atoms with Crippen LogP contribution in [0, 0.1) is 12.8 Å². The molecule has 1 aromatic carbocycles. The van der Waals surface area contributed by atoms with E-state index >= 15 is 0 Å². The number of benzene rings is 1. The first-order valence-electron chi connectivity index (χ1n) is 9.15. The maximum atomic E-state index is 11.7. The summed E-state index contributed by atoms with van der Waals surface area (Å²) in [4.78, 5) is 11.7. The van der Waals surface area contributed by atoms with Crippen LogP contribution in [0.5, 0.6) is 5.75 Å². The standard InChI is InChI=1S/C21H27NO4/c1-12(2)8-17(20(23)24)22-11-16-14(9-13(22)3)6-7-15-10-18(21(4,5)25)26-19(15)16/h6-7,9,11-12,17-18,25H,8,10H2,1-5H3/t17-,18-/m1/s1. The number of carboxylic acids is 1. The second-order valence-electron chi connectivity index (χ2n) is 8.31. The third-order valence-corrected chi connectivity index (χ3v) is 5.11. The lowest BCUT2D eigenvalue weighted by Crippen LogP contribution is -2.51. The van der Waals surface area contributed by atoms with Gasteiger partial charge in [-0.3, -0.25) is 0 Å². The molecule has 0 aliphatic carbocycles. The summed E-state index contributed by atoms with van der Waals surface area (Å²) in [6.45, 7) is 9.39. The maximum Gasteiger partial charge on any atom is 0.198 e. The Morgan fingerprint density at radius 2 is 2.12 bits per heavy atom. The molecule has 0 bridgehead atoms. The van der Waals surface area contributed by atoms with E-state index in [1.54, 1.807) is 18.4 Å². The summed E-state index contributed by atoms with van der Waals surface area (Å²) in [5, 5.41) is 23.9. The van der Waals surface area contributed by atoms with Crippen molar-refractivity contribution >= 4 is 16.7 Å². The number of carbonyl (C=O) groups is 1. The molecule has 5 nitrogen and oxygen atoms in total. The van der Waals surface area contributed by atoms with Crippen molar-refractivity contribution in [3.05, 3.63) is 35.7 Å². The highest BCUT2D eigenvalue weighted by atomic mass is 16.5. The summed E-state index contributed by atoms with van der Waals surface area (Å²) in [5.41, 5.74) is 0.954. The molecule has 0 amide bonds. The number of ether oxygens (including phenoxy) is 1. The number of aliphatic hydroxyl groups is 1. The van der Waals surface area contributed by atoms with Gasteiger partial charge in [0, 0.05) is 25.8 Å². The van der Waals surface area contributed by atoms with Crippen LogP contribution in [-0.2, 0) is 11.2 Å². The van der Waals surface area contributed by atoms with Crippen molar-refractivity contribution in [1.82, 2.24) is 0 Å². The monoisotopic (exact) mass is 357 g/mol. The zero-order valence-electron chi connectivity index (χ0n) is 16.1. The fourth-order valence-electron chi connectivity index (χ4n) is 3.64. The molecule has 1 aliphatic rings. The molecule has 1 aromatic heterocycles. The number of hydrogen-bond donors (Lipinski definition) is 1. The van der Waals surface area contributed by atoms with Crippen molar-refractivity contribution in [2.24, 2.45) is 5.92 Å². The molecule has 26 heavy (non-hydrogen) atoms. The van der Waals surface area contributed by atoms with Crippen molar-refractivity contribution in [2.75, 3.05) is 0 Å². The fraction of sp³-hybridized carbons (Fsp3) is 0.524. The summed E-state index contributed by atoms with van der Waals surface area (Å²) in [5.74, 6) is -0.100. The largest absolute Gasteiger partial charge is 0.543 e. The zero-order chi connectivity index (χ0) is 19.2. The molecule has 1 N–H and O–H groups in total. The number of nitrogens with zero attached hydrogens (tertiary/aromatic N) is 1. The Balaban J connectivity index is 2.12. The lowest BCUT2D eigenvalue weighted by molar-refractivity contribution is -0.721. The normalized spacial score (nSPS) is 18.0. The number of aliphatic carboxylic acids is 1. The predicted octanol–water partition coefficient (Wildman–Crippen LogP) is 1.85. The van der Waals surface area contributed by atoms with Gasteiger partial charge in [-0.1, -0.05) is 26.0 Å². The van der Waals surface area contributed by atoms with Gasteiger partial charge in [0.15, 0.2) is 17.9 Å². The van der Waals surface area contributed by atoms with Crippen molar-refractivity contribution in [3.63, 3.8) is 0 Å². The minimum absolute atomic E-state index is 0.234. The molecule has 2 heterocycles. The Kier molecular flexibility index (Phi) is 4.69. The summed E-state index contributed by atoms with van der Waals surface area (Å²) >= 11 is 0. The minimum Gasteiger partial charge on any atom is -0.543 e. The van der Waals surface area contributed by atoms with Gasteiger partial charge in [-0.05, 0) is 30.7 Å². The lowest BCUT2D eigenvalue weighted by Gasteiger charge is -2.24. The number of rotatable bonds is 5. The minimum atomic E-state index is -1.07. The van der Waals surface area contributed by atoms with Gasteiger partial charge in [-0.25, -0.2) is 0 Å². The average molecular weight is 357 g/mol. The van der Waals surface area contributed by atoms with E-state index in [4.69, 9.17) is 4.74 Å². The Morgan fingerprint density at radius 1 is 1.42 bits per heavy atom. The number of aryl methyl sites for hydroxylation is 1. The van der Waals surface area contributed by atoms with E-state index in [0.717, 1.165) is 27.8 Å². The SMILES string of the molecule is Cc1cc2ccc3c(c2c[n+]1[C@H](CC(C)C)C(=O)[O-])O[C@@H](C(C)(C)O)C3. The summed E-state index contributed by atoms with van der Waals surface area (Å²) in [7, 11) is 0. The van der Waals surface area contributed by atoms with Gasteiger partial charge in [-0.15, -0.1) is 0 Å². The molecule has 0 radical (unpaired) electrons. The van der Waals surface area contributed by atoms with Crippen LogP contribution in [0.2, 0.25) is 0 Å². The van der Waals surface area contributed by atoms with Crippen molar-refractivity contribution in [1.29, 1.82) is 0 Å². The van der Waals surface area contributed by atoms with Gasteiger partial charge < -0.3 is 19.7 Å². The van der Waals surface area contributed by atoms with Crippen LogP contribution in [0.15, 0.2) is 24.4 Å². The number of carbonyl (C=O) groups excluding carboxylic acids is 1. The molecule has 0 fully saturated rings. The van der Waals surface area contributed by atoms with Crippen LogP contribution in [0.3, 0.4) is 0 Å². The summed E-state index contributed by atoms with van der Waals surface area (Å²) in [6, 6.07) is 5.31. The number of hydrogen-bond acceptors (Lipinski definition) is 4. The molecule has 0 spiro atoms. The Hall–Kier alpha value is -2.14. The van der Waals surface area contributed by atoms with Gasteiger partial charge in [-0.2, -0.15) is 4.57 Å². The van der Waals surface area contributed by atoms with Crippen LogP contribution < -0.4 is 14.4 Å². The van der Waals surface area contributed by atoms with E-state index < -0.39 is 17.6 Å². The van der Waals surface area contributed by atoms with Crippen LogP contribution in [-0.4, -0.2) is 22.8 Å². The highest BCUT2D eigenvalue weighted by molar-refractivity contribution is 5.89. The van der Waals surface area contributed by atoms with E-state index in [-0.39, 0.29) is 12.0 Å². The topological polar surface area (TPSA) is 73.5 Å². The fourth-order valence-corrected chi connectivity index (χ4v) is 3.64. The van der Waals surface area contributed by atoms with Gasteiger partial charge in [0.25, 0.3) is 0 Å². The highest BCUT2D eigenvalue weighted by Crippen LogP contribution is 2.38. The van der Waals surface area contributed by atoms with Gasteiger partial charge >= 0.3 is 0 Å². The van der Waals surface area contributed by atoms with Crippen LogP contribution >= 0.6 is 0 Å². The number of pyridine rings is 1. The molecule has 1 aliphatic heterocycles. The maximum absolute atomic E-state index is 11.7. The summed E-state index contributed by atoms with van der Waals surface area (Å²) in [6.07, 6.45) is 2.68. The molecule has 0 unspecified atom stereocenters. The second-order valence-corrected chi connectivity index (χ2v) is 8.31. The van der Waals surface area contributed by atoms with Crippen molar-refractivity contribution in [3.8, 4) is 5.75 Å². The number of carboxylic acid groups (broad SMARTS) is 1. The molecular formula is C21H27NO4. The first kappa shape index (κ1) is 18.6. The van der Waals surface area contributed by atoms with E-state index in [1.807, 2.05) is 45.2 Å². The van der Waals surface area contributed by atoms with Gasteiger partial charge in [0.1, 0.15) is 17.8 Å². The van der Waals surface area contributed by atoms with E-state index in [0.29, 0.717) is 12.8 Å². The third kappa shape index (κ3) is 3.40. The Morgan fingerprint density at radius 3 is 2.69 bits per heavy atom. The average Bonchev–Trinajstić information content (AvgIpc) is 2.96. The number of fused-ring (bicyclic) bond motifs is 3. The van der Waals surface area contributed by atoms with Crippen LogP contribution in [0.4, 0.5) is 0 Å². The van der Waals surface area contributed by atoms with Crippen molar-refractivity contribution < 1.29 is 24.3 Å². The lowest BCUT2D eigenvalue weighted by atomic mass is 9.96. The van der Waals surface area contributed by atoms with Crippen LogP contribution in [0.25, 0.3) is 10.8 Å². The number of aromatic nitrogens is 1. The molecule has 0 saturated heterocycles. The molecule has 3 rings (SSSR count). The molecule has 5 heteroatoms. The quantitative estimate of drug-likeness (QED) is 0.829.